The second-order valence-electron chi connectivity index (χ2n) is 5.52. The predicted octanol–water partition coefficient (Wildman–Crippen LogP) is 4.21. The molecule has 0 atom stereocenters. The number of halogens is 4. The van der Waals surface area contributed by atoms with Crippen molar-refractivity contribution in [1.29, 1.82) is 0 Å². The Morgan fingerprint density at radius 2 is 1.67 bits per heavy atom. The Labute approximate surface area is 146 Å². The van der Waals surface area contributed by atoms with Crippen molar-refractivity contribution in [2.75, 3.05) is 6.54 Å². The van der Waals surface area contributed by atoms with Gasteiger partial charge in [0.15, 0.2) is 0 Å². The molecule has 0 saturated heterocycles. The van der Waals surface area contributed by atoms with E-state index < -0.39 is 21.8 Å². The van der Waals surface area contributed by atoms with Gasteiger partial charge in [0.1, 0.15) is 0 Å². The van der Waals surface area contributed by atoms with E-state index in [9.17, 15) is 21.6 Å². The van der Waals surface area contributed by atoms with Crippen LogP contribution in [0.1, 0.15) is 16.7 Å². The smallest absolute Gasteiger partial charge is 0.207 e. The Kier molecular flexibility index (Phi) is 4.48. The number of rotatable bonds is 2. The van der Waals surface area contributed by atoms with Gasteiger partial charge in [-0.3, -0.25) is 0 Å². The third-order valence-electron chi connectivity index (χ3n) is 3.96. The van der Waals surface area contributed by atoms with Crippen LogP contribution in [0.5, 0.6) is 0 Å². The summed E-state index contributed by atoms with van der Waals surface area (Å²) in [4.78, 5) is -0.129. The summed E-state index contributed by atoms with van der Waals surface area (Å²) < 4.78 is 65.4. The first-order valence-corrected chi connectivity index (χ1v) is 9.36. The Morgan fingerprint density at radius 3 is 2.29 bits per heavy atom. The number of alkyl halides is 3. The van der Waals surface area contributed by atoms with Crippen LogP contribution in [0.25, 0.3) is 0 Å². The van der Waals surface area contributed by atoms with Gasteiger partial charge in [-0.25, -0.2) is 8.42 Å². The lowest BCUT2D eigenvalue weighted by molar-refractivity contribution is -0.137. The highest BCUT2D eigenvalue weighted by Gasteiger charge is 2.32. The van der Waals surface area contributed by atoms with E-state index >= 15 is 0 Å². The molecule has 0 saturated carbocycles. The highest BCUT2D eigenvalue weighted by atomic mass is 79.9. The molecule has 2 aromatic carbocycles. The Balaban J connectivity index is 1.87. The van der Waals surface area contributed by atoms with Crippen molar-refractivity contribution in [2.45, 2.75) is 24.0 Å². The fourth-order valence-corrected chi connectivity index (χ4v) is 4.49. The summed E-state index contributed by atoms with van der Waals surface area (Å²) in [6, 6.07) is 9.26. The van der Waals surface area contributed by atoms with E-state index in [-0.39, 0.29) is 11.4 Å². The molecule has 3 rings (SSSR count). The molecule has 0 bridgehead atoms. The quantitative estimate of drug-likeness (QED) is 0.730. The number of sulfonamides is 1. The molecule has 3 nitrogen and oxygen atoms in total. The molecule has 0 unspecified atom stereocenters. The summed E-state index contributed by atoms with van der Waals surface area (Å²) in [6.45, 7) is 0.513. The molecule has 0 radical (unpaired) electrons. The van der Waals surface area contributed by atoms with Crippen molar-refractivity contribution < 1.29 is 21.6 Å². The average Bonchev–Trinajstić information content (AvgIpc) is 2.53. The highest BCUT2D eigenvalue weighted by molar-refractivity contribution is 9.10. The lowest BCUT2D eigenvalue weighted by Crippen LogP contribution is -2.36. The van der Waals surface area contributed by atoms with Crippen molar-refractivity contribution in [3.63, 3.8) is 0 Å². The molecule has 0 aliphatic carbocycles. The standard InChI is InChI=1S/C16H13BrF3NO2S/c17-14-4-1-12-10-21(8-7-11(12)9-14)24(22,23)15-5-2-13(3-6-15)16(18,19)20/h1-6,9H,7-8,10H2. The zero-order chi connectivity index (χ0) is 17.5. The van der Waals surface area contributed by atoms with Crippen LogP contribution in [0.2, 0.25) is 0 Å². The van der Waals surface area contributed by atoms with E-state index in [2.05, 4.69) is 15.9 Å². The molecule has 0 fully saturated rings. The van der Waals surface area contributed by atoms with E-state index in [1.807, 2.05) is 18.2 Å². The van der Waals surface area contributed by atoms with Crippen molar-refractivity contribution in [3.05, 3.63) is 63.6 Å². The zero-order valence-electron chi connectivity index (χ0n) is 12.3. The fourth-order valence-electron chi connectivity index (χ4n) is 2.67. The van der Waals surface area contributed by atoms with Crippen LogP contribution >= 0.6 is 15.9 Å². The zero-order valence-corrected chi connectivity index (χ0v) is 14.7. The van der Waals surface area contributed by atoms with Gasteiger partial charge >= 0.3 is 6.18 Å². The molecule has 0 spiro atoms. The predicted molar refractivity (Wildman–Crippen MR) is 86.9 cm³/mol. The van der Waals surface area contributed by atoms with E-state index in [0.29, 0.717) is 13.0 Å². The summed E-state index contributed by atoms with van der Waals surface area (Å²) in [5.41, 5.74) is 1.11. The molecule has 8 heteroatoms. The molecule has 128 valence electrons. The summed E-state index contributed by atoms with van der Waals surface area (Å²) in [7, 11) is -3.82. The van der Waals surface area contributed by atoms with E-state index in [1.165, 1.54) is 4.31 Å². The van der Waals surface area contributed by atoms with Crippen molar-refractivity contribution in [2.24, 2.45) is 0 Å². The van der Waals surface area contributed by atoms with Gasteiger partial charge in [0, 0.05) is 17.6 Å². The number of hydrogen-bond donors (Lipinski definition) is 0. The minimum Gasteiger partial charge on any atom is -0.207 e. The van der Waals surface area contributed by atoms with Crippen LogP contribution in [0.3, 0.4) is 0 Å². The maximum absolute atomic E-state index is 12.7. The maximum atomic E-state index is 12.7. The molecule has 1 aliphatic rings. The highest BCUT2D eigenvalue weighted by Crippen LogP contribution is 2.31. The first kappa shape index (κ1) is 17.4. The fraction of sp³-hybridized carbons (Fsp3) is 0.250. The molecule has 0 aromatic heterocycles. The van der Waals surface area contributed by atoms with Gasteiger partial charge in [-0.15, -0.1) is 0 Å². The summed E-state index contributed by atoms with van der Waals surface area (Å²) in [5, 5.41) is 0. The molecular weight excluding hydrogens is 407 g/mol. The van der Waals surface area contributed by atoms with Crippen molar-refractivity contribution in [3.8, 4) is 0 Å². The molecule has 0 N–H and O–H groups in total. The van der Waals surface area contributed by atoms with Gasteiger partial charge in [-0.1, -0.05) is 22.0 Å². The van der Waals surface area contributed by atoms with Crippen LogP contribution in [0.15, 0.2) is 51.8 Å². The third-order valence-corrected chi connectivity index (χ3v) is 6.32. The summed E-state index contributed by atoms with van der Waals surface area (Å²) in [5.74, 6) is 0. The molecule has 2 aromatic rings. The van der Waals surface area contributed by atoms with Crippen LogP contribution in [0, 0.1) is 0 Å². The van der Waals surface area contributed by atoms with Gasteiger partial charge in [-0.2, -0.15) is 17.5 Å². The number of hydrogen-bond acceptors (Lipinski definition) is 2. The van der Waals surface area contributed by atoms with E-state index in [4.69, 9.17) is 0 Å². The van der Waals surface area contributed by atoms with Crippen LogP contribution in [-0.2, 0) is 29.2 Å². The Bertz CT molecular complexity index is 864. The van der Waals surface area contributed by atoms with Gasteiger partial charge < -0.3 is 0 Å². The number of nitrogens with zero attached hydrogens (tertiary/aromatic N) is 1. The monoisotopic (exact) mass is 419 g/mol. The van der Waals surface area contributed by atoms with Gasteiger partial charge in [0.2, 0.25) is 10.0 Å². The molecule has 1 heterocycles. The van der Waals surface area contributed by atoms with Gasteiger partial charge in [-0.05, 0) is 53.9 Å². The second-order valence-corrected chi connectivity index (χ2v) is 8.38. The first-order valence-electron chi connectivity index (χ1n) is 7.12. The van der Waals surface area contributed by atoms with Crippen LogP contribution in [0.4, 0.5) is 13.2 Å². The van der Waals surface area contributed by atoms with Gasteiger partial charge in [0.05, 0.1) is 10.5 Å². The van der Waals surface area contributed by atoms with Crippen LogP contribution < -0.4 is 0 Å². The average molecular weight is 420 g/mol. The summed E-state index contributed by atoms with van der Waals surface area (Å²) in [6.07, 6.45) is -3.92. The molecule has 0 amide bonds. The Hall–Kier alpha value is -1.38. The minimum atomic E-state index is -4.49. The first-order chi connectivity index (χ1) is 11.2. The number of benzene rings is 2. The Morgan fingerprint density at radius 1 is 1.00 bits per heavy atom. The largest absolute Gasteiger partial charge is 0.416 e. The van der Waals surface area contributed by atoms with E-state index in [0.717, 1.165) is 39.9 Å². The van der Waals surface area contributed by atoms with E-state index in [1.54, 1.807) is 0 Å². The van der Waals surface area contributed by atoms with Crippen molar-refractivity contribution >= 4 is 26.0 Å². The lowest BCUT2D eigenvalue weighted by atomic mass is 10.0. The minimum absolute atomic E-state index is 0.129. The SMILES string of the molecule is O=S(=O)(c1ccc(C(F)(F)F)cc1)N1CCc2cc(Br)ccc2C1. The topological polar surface area (TPSA) is 37.4 Å². The van der Waals surface area contributed by atoms with Crippen LogP contribution in [-0.4, -0.2) is 19.3 Å². The maximum Gasteiger partial charge on any atom is 0.416 e. The molecule has 24 heavy (non-hydrogen) atoms. The molecular formula is C16H13BrF3NO2S. The van der Waals surface area contributed by atoms with Crippen molar-refractivity contribution in [1.82, 2.24) is 4.31 Å². The second kappa shape index (κ2) is 6.16. The summed E-state index contributed by atoms with van der Waals surface area (Å²) >= 11 is 3.38. The lowest BCUT2D eigenvalue weighted by Gasteiger charge is -2.28. The number of fused-ring (bicyclic) bond motifs is 1. The molecule has 1 aliphatic heterocycles. The van der Waals surface area contributed by atoms with Gasteiger partial charge in [0.25, 0.3) is 0 Å². The normalized spacial score (nSPS) is 16.0. The third kappa shape index (κ3) is 3.36.